The molecule has 0 aliphatic heterocycles. The molecule has 0 unspecified atom stereocenters. The summed E-state index contributed by atoms with van der Waals surface area (Å²) in [6.07, 6.45) is 0.449. The van der Waals surface area contributed by atoms with Gasteiger partial charge in [0.05, 0.1) is 26.4 Å². The van der Waals surface area contributed by atoms with Crippen LogP contribution in [-0.4, -0.2) is 44.7 Å². The standard InChI is InChI=1S/C12H23NO4.H2/c1-10(2)12(15)13-5-7-17-9-8-16-6-4-11(3)14;/h10H,4-9H2,1-3H3,(H,13,15);1H. The van der Waals surface area contributed by atoms with Crippen molar-refractivity contribution < 1.29 is 20.5 Å². The topological polar surface area (TPSA) is 64.6 Å². The lowest BCUT2D eigenvalue weighted by molar-refractivity contribution is -0.124. The second-order valence-electron chi connectivity index (χ2n) is 4.12. The third-order valence-electron chi connectivity index (χ3n) is 2.04. The molecular weight excluding hydrogens is 222 g/mol. The molecule has 17 heavy (non-hydrogen) atoms. The fraction of sp³-hybridized carbons (Fsp3) is 0.833. The van der Waals surface area contributed by atoms with Crippen LogP contribution in [0, 0.1) is 5.92 Å². The van der Waals surface area contributed by atoms with Crippen LogP contribution in [0.3, 0.4) is 0 Å². The highest BCUT2D eigenvalue weighted by atomic mass is 16.5. The van der Waals surface area contributed by atoms with Crippen molar-refractivity contribution in [3.8, 4) is 0 Å². The van der Waals surface area contributed by atoms with Crippen molar-refractivity contribution >= 4 is 11.7 Å². The van der Waals surface area contributed by atoms with Crippen molar-refractivity contribution in [2.75, 3.05) is 33.0 Å². The summed E-state index contributed by atoms with van der Waals surface area (Å²) >= 11 is 0. The van der Waals surface area contributed by atoms with Gasteiger partial charge in [-0.05, 0) is 6.92 Å². The first-order valence-corrected chi connectivity index (χ1v) is 5.96. The Bertz CT molecular complexity index is 234. The lowest BCUT2D eigenvalue weighted by Gasteiger charge is -2.08. The lowest BCUT2D eigenvalue weighted by atomic mass is 10.2. The fourth-order valence-corrected chi connectivity index (χ4v) is 0.988. The van der Waals surface area contributed by atoms with Crippen LogP contribution in [0.15, 0.2) is 0 Å². The van der Waals surface area contributed by atoms with E-state index in [-0.39, 0.29) is 19.0 Å². The zero-order valence-electron chi connectivity index (χ0n) is 11.0. The number of Topliss-reactive ketones (excluding diaryl/α,β-unsaturated/α-hetero) is 1. The van der Waals surface area contributed by atoms with Gasteiger partial charge in [0.15, 0.2) is 0 Å². The zero-order valence-corrected chi connectivity index (χ0v) is 11.0. The molecule has 5 heteroatoms. The molecule has 0 aromatic rings. The van der Waals surface area contributed by atoms with Crippen LogP contribution in [0.2, 0.25) is 0 Å². The van der Waals surface area contributed by atoms with Crippen molar-refractivity contribution in [1.29, 1.82) is 0 Å². The molecule has 0 fully saturated rings. The van der Waals surface area contributed by atoms with E-state index in [4.69, 9.17) is 9.47 Å². The van der Waals surface area contributed by atoms with E-state index >= 15 is 0 Å². The van der Waals surface area contributed by atoms with Crippen LogP contribution >= 0.6 is 0 Å². The Morgan fingerprint density at radius 3 is 2.24 bits per heavy atom. The third kappa shape index (κ3) is 11.3. The van der Waals surface area contributed by atoms with Crippen molar-refractivity contribution in [1.82, 2.24) is 5.32 Å². The number of ketones is 1. The van der Waals surface area contributed by atoms with E-state index in [1.165, 1.54) is 6.92 Å². The first-order valence-electron chi connectivity index (χ1n) is 5.96. The number of rotatable bonds is 10. The highest BCUT2D eigenvalue weighted by molar-refractivity contribution is 5.77. The van der Waals surface area contributed by atoms with Gasteiger partial charge in [0, 0.05) is 20.3 Å². The quantitative estimate of drug-likeness (QED) is 0.585. The number of hydrogen-bond donors (Lipinski definition) is 1. The highest BCUT2D eigenvalue weighted by Gasteiger charge is 2.04. The van der Waals surface area contributed by atoms with Gasteiger partial charge < -0.3 is 14.8 Å². The molecule has 0 saturated heterocycles. The third-order valence-corrected chi connectivity index (χ3v) is 2.04. The van der Waals surface area contributed by atoms with Gasteiger partial charge in [0.25, 0.3) is 0 Å². The Balaban J connectivity index is 0. The molecule has 0 rings (SSSR count). The minimum atomic E-state index is 0. The average Bonchev–Trinajstić information content (AvgIpc) is 2.25. The Morgan fingerprint density at radius 1 is 1.12 bits per heavy atom. The highest BCUT2D eigenvalue weighted by Crippen LogP contribution is 1.89. The number of carbonyl (C=O) groups is 2. The van der Waals surface area contributed by atoms with Crippen molar-refractivity contribution in [3.05, 3.63) is 0 Å². The second-order valence-corrected chi connectivity index (χ2v) is 4.12. The second kappa shape index (κ2) is 10.2. The van der Waals surface area contributed by atoms with Gasteiger partial charge >= 0.3 is 0 Å². The van der Waals surface area contributed by atoms with E-state index in [1.54, 1.807) is 0 Å². The van der Waals surface area contributed by atoms with Gasteiger partial charge in [0.2, 0.25) is 5.91 Å². The summed E-state index contributed by atoms with van der Waals surface area (Å²) in [5, 5.41) is 2.75. The molecule has 5 nitrogen and oxygen atoms in total. The van der Waals surface area contributed by atoms with E-state index in [0.29, 0.717) is 39.4 Å². The fourth-order valence-electron chi connectivity index (χ4n) is 0.988. The summed E-state index contributed by atoms with van der Waals surface area (Å²) < 4.78 is 10.4. The number of nitrogens with one attached hydrogen (secondary N) is 1. The lowest BCUT2D eigenvalue weighted by Crippen LogP contribution is -2.31. The Morgan fingerprint density at radius 2 is 1.71 bits per heavy atom. The molecule has 0 heterocycles. The smallest absolute Gasteiger partial charge is 0.222 e. The first-order chi connectivity index (χ1) is 8.04. The van der Waals surface area contributed by atoms with Gasteiger partial charge in [-0.15, -0.1) is 0 Å². The molecule has 1 N–H and O–H groups in total. The SMILES string of the molecule is CC(=O)CCOCCOCCNC(=O)C(C)C.[HH]. The maximum Gasteiger partial charge on any atom is 0.222 e. The molecule has 0 bridgehead atoms. The Labute approximate surface area is 104 Å². The van der Waals surface area contributed by atoms with Gasteiger partial charge in [0.1, 0.15) is 5.78 Å². The molecule has 0 aromatic heterocycles. The average molecular weight is 247 g/mol. The van der Waals surface area contributed by atoms with Crippen molar-refractivity contribution in [2.24, 2.45) is 5.92 Å². The van der Waals surface area contributed by atoms with Crippen molar-refractivity contribution in [3.63, 3.8) is 0 Å². The Hall–Kier alpha value is -0.940. The summed E-state index contributed by atoms with van der Waals surface area (Å²) in [7, 11) is 0. The number of ether oxygens (including phenoxy) is 2. The van der Waals surface area contributed by atoms with Crippen LogP contribution in [0.4, 0.5) is 0 Å². The molecule has 0 aliphatic carbocycles. The predicted octanol–water partition coefficient (Wildman–Crippen LogP) is 1.02. The zero-order chi connectivity index (χ0) is 13.1. The minimum Gasteiger partial charge on any atom is -0.379 e. The van der Waals surface area contributed by atoms with Gasteiger partial charge in [-0.3, -0.25) is 9.59 Å². The molecule has 0 spiro atoms. The molecular formula is C12H25NO4. The van der Waals surface area contributed by atoms with E-state index in [1.807, 2.05) is 13.8 Å². The molecule has 0 atom stereocenters. The summed E-state index contributed by atoms with van der Waals surface area (Å²) in [4.78, 5) is 21.7. The van der Waals surface area contributed by atoms with Crippen LogP contribution < -0.4 is 5.32 Å². The molecule has 1 amide bonds. The van der Waals surface area contributed by atoms with E-state index < -0.39 is 0 Å². The molecule has 0 aliphatic rings. The van der Waals surface area contributed by atoms with Gasteiger partial charge in [-0.2, -0.15) is 0 Å². The van der Waals surface area contributed by atoms with E-state index in [9.17, 15) is 9.59 Å². The maximum absolute atomic E-state index is 11.2. The number of amides is 1. The summed E-state index contributed by atoms with van der Waals surface area (Å²) in [6.45, 7) is 7.64. The first kappa shape index (κ1) is 16.1. The van der Waals surface area contributed by atoms with Crippen LogP contribution in [0.25, 0.3) is 0 Å². The van der Waals surface area contributed by atoms with Crippen LogP contribution in [-0.2, 0) is 19.1 Å². The molecule has 0 saturated carbocycles. The summed E-state index contributed by atoms with van der Waals surface area (Å²) in [5.41, 5.74) is 0. The monoisotopic (exact) mass is 247 g/mol. The normalized spacial score (nSPS) is 10.6. The number of carbonyl (C=O) groups excluding carboxylic acids is 2. The predicted molar refractivity (Wildman–Crippen MR) is 66.9 cm³/mol. The van der Waals surface area contributed by atoms with E-state index in [2.05, 4.69) is 5.32 Å². The van der Waals surface area contributed by atoms with E-state index in [0.717, 1.165) is 0 Å². The minimum absolute atomic E-state index is 0. The molecule has 102 valence electrons. The largest absolute Gasteiger partial charge is 0.379 e. The molecule has 0 radical (unpaired) electrons. The molecule has 0 aromatic carbocycles. The summed E-state index contributed by atoms with van der Waals surface area (Å²) in [6, 6.07) is 0. The van der Waals surface area contributed by atoms with Crippen molar-refractivity contribution in [2.45, 2.75) is 27.2 Å². The number of hydrogen-bond acceptors (Lipinski definition) is 4. The van der Waals surface area contributed by atoms with Gasteiger partial charge in [-0.1, -0.05) is 13.8 Å². The van der Waals surface area contributed by atoms with Gasteiger partial charge in [-0.25, -0.2) is 0 Å². The van der Waals surface area contributed by atoms with Crippen LogP contribution in [0.5, 0.6) is 0 Å². The maximum atomic E-state index is 11.2. The summed E-state index contributed by atoms with van der Waals surface area (Å²) in [5.74, 6) is 0.165. The van der Waals surface area contributed by atoms with Crippen LogP contribution in [0.1, 0.15) is 28.6 Å². The Kier molecular flexibility index (Phi) is 9.66.